The molecule has 3 rings (SSSR count). The van der Waals surface area contributed by atoms with Crippen LogP contribution < -0.4 is 11.2 Å². The van der Waals surface area contributed by atoms with Crippen molar-refractivity contribution in [2.24, 2.45) is 0 Å². The number of aromatic nitrogens is 2. The number of hydrogen-bond acceptors (Lipinski definition) is 7. The molecule has 2 N–H and O–H groups in total. The quantitative estimate of drug-likeness (QED) is 0.501. The number of nitrogens with zero attached hydrogens (tertiary/aromatic N) is 3. The van der Waals surface area contributed by atoms with E-state index in [1.165, 1.54) is 11.8 Å². The molecule has 1 saturated heterocycles. The number of alkyl halides is 6. The van der Waals surface area contributed by atoms with E-state index < -0.39 is 67.3 Å². The minimum absolute atomic E-state index is 0.00785. The standard InChI is InChI=1S/C21H25F6N3O6S/c1-11-13-15(32)30(9-12(36-2)21(25,26)27)18(34)29(8-5-20(22,23)24)17(13)37-14(11)16(33)28-6-3-19(35,10-31)4-7-28/h12,31,35H,3-10H2,1-2H3. The van der Waals surface area contributed by atoms with Crippen LogP contribution in [-0.4, -0.2) is 81.0 Å². The number of piperidine rings is 1. The highest BCUT2D eigenvalue weighted by molar-refractivity contribution is 7.20. The minimum Gasteiger partial charge on any atom is -0.393 e. The van der Waals surface area contributed by atoms with Gasteiger partial charge < -0.3 is 19.8 Å². The summed E-state index contributed by atoms with van der Waals surface area (Å²) < 4.78 is 83.9. The summed E-state index contributed by atoms with van der Waals surface area (Å²) in [5.41, 5.74) is -3.93. The number of hydrogen-bond donors (Lipinski definition) is 2. The number of aliphatic hydroxyl groups excluding tert-OH is 1. The van der Waals surface area contributed by atoms with E-state index in [4.69, 9.17) is 0 Å². The maximum Gasteiger partial charge on any atom is 0.416 e. The number of fused-ring (bicyclic) bond motifs is 1. The molecule has 37 heavy (non-hydrogen) atoms. The van der Waals surface area contributed by atoms with E-state index in [1.807, 2.05) is 0 Å². The first-order valence-corrected chi connectivity index (χ1v) is 11.9. The smallest absolute Gasteiger partial charge is 0.393 e. The lowest BCUT2D eigenvalue weighted by Crippen LogP contribution is -2.48. The molecule has 0 saturated carbocycles. The monoisotopic (exact) mass is 561 g/mol. The number of thiophene rings is 1. The zero-order valence-corrected chi connectivity index (χ0v) is 20.6. The maximum absolute atomic E-state index is 13.3. The number of ether oxygens (including phenoxy) is 1. The second-order valence-electron chi connectivity index (χ2n) is 8.89. The number of methoxy groups -OCH3 is 1. The molecular formula is C21H25F6N3O6S. The molecule has 1 amide bonds. The molecule has 1 unspecified atom stereocenters. The molecule has 1 aliphatic rings. The van der Waals surface area contributed by atoms with Gasteiger partial charge in [-0.3, -0.25) is 18.7 Å². The highest BCUT2D eigenvalue weighted by atomic mass is 32.1. The summed E-state index contributed by atoms with van der Waals surface area (Å²) in [6.45, 7) is -1.39. The Morgan fingerprint density at radius 2 is 1.73 bits per heavy atom. The van der Waals surface area contributed by atoms with Crippen molar-refractivity contribution >= 4 is 27.5 Å². The topological polar surface area (TPSA) is 114 Å². The van der Waals surface area contributed by atoms with Crippen LogP contribution in [-0.2, 0) is 17.8 Å². The number of aliphatic hydroxyl groups is 2. The minimum atomic E-state index is -4.97. The van der Waals surface area contributed by atoms with Gasteiger partial charge in [0.1, 0.15) is 4.83 Å². The number of carbonyl (C=O) groups excluding carboxylic acids is 1. The Morgan fingerprint density at radius 3 is 2.22 bits per heavy atom. The summed E-state index contributed by atoms with van der Waals surface area (Å²) in [5.74, 6) is -0.621. The number of amides is 1. The molecular weight excluding hydrogens is 536 g/mol. The first-order valence-electron chi connectivity index (χ1n) is 11.1. The Balaban J connectivity index is 2.15. The molecule has 1 aliphatic heterocycles. The van der Waals surface area contributed by atoms with Gasteiger partial charge in [-0.1, -0.05) is 0 Å². The van der Waals surface area contributed by atoms with Gasteiger partial charge in [0.2, 0.25) is 0 Å². The predicted molar refractivity (Wildman–Crippen MR) is 120 cm³/mol. The maximum atomic E-state index is 13.3. The number of aryl methyl sites for hydroxylation is 2. The van der Waals surface area contributed by atoms with E-state index in [0.29, 0.717) is 23.0 Å². The van der Waals surface area contributed by atoms with E-state index in [-0.39, 0.29) is 51.2 Å². The number of likely N-dealkylation sites (tertiary alicyclic amines) is 1. The zero-order valence-electron chi connectivity index (χ0n) is 19.8. The van der Waals surface area contributed by atoms with Crippen LogP contribution in [0.2, 0.25) is 0 Å². The third kappa shape index (κ3) is 6.02. The fraction of sp³-hybridized carbons (Fsp3) is 0.667. The SMILES string of the molecule is COC(Cn1c(=O)c2c(C)c(C(=O)N3CCC(O)(CO)CC3)sc2n(CCC(F)(F)F)c1=O)C(F)(F)F. The van der Waals surface area contributed by atoms with Crippen LogP contribution in [0.1, 0.15) is 34.5 Å². The molecule has 0 bridgehead atoms. The van der Waals surface area contributed by atoms with Gasteiger partial charge >= 0.3 is 18.0 Å². The summed E-state index contributed by atoms with van der Waals surface area (Å²) in [6.07, 6.45) is -13.7. The van der Waals surface area contributed by atoms with Gasteiger partial charge in [0.15, 0.2) is 6.10 Å². The first kappa shape index (κ1) is 29.1. The lowest BCUT2D eigenvalue weighted by Gasteiger charge is -2.36. The van der Waals surface area contributed by atoms with Gasteiger partial charge in [0.25, 0.3) is 11.5 Å². The molecule has 1 atom stereocenters. The third-order valence-corrected chi connectivity index (χ3v) is 7.68. The van der Waals surface area contributed by atoms with Crippen molar-refractivity contribution in [1.29, 1.82) is 0 Å². The molecule has 16 heteroatoms. The average Bonchev–Trinajstić information content (AvgIpc) is 3.14. The van der Waals surface area contributed by atoms with Gasteiger partial charge in [-0.2, -0.15) is 26.3 Å². The number of carbonyl (C=O) groups is 1. The van der Waals surface area contributed by atoms with E-state index in [0.717, 1.165) is 0 Å². The van der Waals surface area contributed by atoms with Crippen molar-refractivity contribution in [3.63, 3.8) is 0 Å². The second-order valence-corrected chi connectivity index (χ2v) is 9.89. The Morgan fingerprint density at radius 1 is 1.14 bits per heavy atom. The fourth-order valence-corrected chi connectivity index (χ4v) is 5.39. The summed E-state index contributed by atoms with van der Waals surface area (Å²) in [4.78, 5) is 40.3. The van der Waals surface area contributed by atoms with Crippen LogP contribution >= 0.6 is 11.3 Å². The van der Waals surface area contributed by atoms with Crippen LogP contribution in [0.25, 0.3) is 10.2 Å². The third-order valence-electron chi connectivity index (χ3n) is 6.38. The van der Waals surface area contributed by atoms with Crippen molar-refractivity contribution in [3.05, 3.63) is 31.3 Å². The Hall–Kier alpha value is -2.43. The van der Waals surface area contributed by atoms with E-state index in [2.05, 4.69) is 4.74 Å². The van der Waals surface area contributed by atoms with Gasteiger partial charge in [-0.15, -0.1) is 11.3 Å². The Labute approximate surface area is 209 Å². The van der Waals surface area contributed by atoms with Crippen LogP contribution in [0.15, 0.2) is 9.59 Å². The molecule has 0 aliphatic carbocycles. The van der Waals surface area contributed by atoms with Gasteiger partial charge in [-0.25, -0.2) is 4.79 Å². The van der Waals surface area contributed by atoms with Crippen LogP contribution in [0, 0.1) is 6.92 Å². The molecule has 0 radical (unpaired) electrons. The average molecular weight is 562 g/mol. The number of rotatable bonds is 7. The molecule has 9 nitrogen and oxygen atoms in total. The van der Waals surface area contributed by atoms with Crippen LogP contribution in [0.4, 0.5) is 26.3 Å². The Kier molecular flexibility index (Phi) is 8.17. The van der Waals surface area contributed by atoms with Gasteiger partial charge in [0.05, 0.1) is 35.4 Å². The van der Waals surface area contributed by atoms with E-state index in [9.17, 15) is 50.9 Å². The fourth-order valence-electron chi connectivity index (χ4n) is 4.10. The van der Waals surface area contributed by atoms with Crippen molar-refractivity contribution < 1.29 is 46.1 Å². The summed E-state index contributed by atoms with van der Waals surface area (Å²) in [5, 5.41) is 19.1. The van der Waals surface area contributed by atoms with Gasteiger partial charge in [-0.05, 0) is 25.3 Å². The normalized spacial score (nSPS) is 17.4. The van der Waals surface area contributed by atoms with Crippen LogP contribution in [0.5, 0.6) is 0 Å². The highest BCUT2D eigenvalue weighted by Gasteiger charge is 2.41. The summed E-state index contributed by atoms with van der Waals surface area (Å²) in [7, 11) is 0.715. The zero-order chi connectivity index (χ0) is 27.9. The molecule has 3 heterocycles. The Bertz CT molecular complexity index is 1270. The molecule has 2 aromatic heterocycles. The van der Waals surface area contributed by atoms with Crippen LogP contribution in [0.3, 0.4) is 0 Å². The lowest BCUT2D eigenvalue weighted by molar-refractivity contribution is -0.216. The molecule has 1 fully saturated rings. The lowest BCUT2D eigenvalue weighted by atomic mass is 9.92. The second kappa shape index (κ2) is 10.4. The first-order chi connectivity index (χ1) is 17.0. The van der Waals surface area contributed by atoms with E-state index >= 15 is 0 Å². The largest absolute Gasteiger partial charge is 0.416 e. The van der Waals surface area contributed by atoms with Gasteiger partial charge in [0, 0.05) is 26.7 Å². The molecule has 208 valence electrons. The van der Waals surface area contributed by atoms with Crippen molar-refractivity contribution in [1.82, 2.24) is 14.0 Å². The van der Waals surface area contributed by atoms with Crippen molar-refractivity contribution in [2.45, 2.75) is 63.3 Å². The summed E-state index contributed by atoms with van der Waals surface area (Å²) in [6, 6.07) is 0. The molecule has 0 aromatic carbocycles. The summed E-state index contributed by atoms with van der Waals surface area (Å²) >= 11 is 0.601. The van der Waals surface area contributed by atoms with Crippen molar-refractivity contribution in [2.75, 3.05) is 26.8 Å². The molecule has 0 spiro atoms. The number of halogens is 6. The predicted octanol–water partition coefficient (Wildman–Crippen LogP) is 2.02. The highest BCUT2D eigenvalue weighted by Crippen LogP contribution is 2.32. The van der Waals surface area contributed by atoms with Crippen molar-refractivity contribution in [3.8, 4) is 0 Å². The molecule has 2 aromatic rings. The van der Waals surface area contributed by atoms with E-state index in [1.54, 1.807) is 0 Å².